The number of carbonyl (C=O) groups is 1. The molecule has 1 amide bonds. The van der Waals surface area contributed by atoms with Crippen LogP contribution in [0.2, 0.25) is 0 Å². The fourth-order valence-corrected chi connectivity index (χ4v) is 2.73. The first-order valence-corrected chi connectivity index (χ1v) is 7.42. The van der Waals surface area contributed by atoms with Gasteiger partial charge >= 0.3 is 0 Å². The van der Waals surface area contributed by atoms with Gasteiger partial charge in [-0.25, -0.2) is 0 Å². The second kappa shape index (κ2) is 7.06. The molecule has 1 aromatic rings. The lowest BCUT2D eigenvalue weighted by molar-refractivity contribution is -0.384. The molecule has 1 aliphatic rings. The van der Waals surface area contributed by atoms with Gasteiger partial charge in [0, 0.05) is 30.9 Å². The van der Waals surface area contributed by atoms with Gasteiger partial charge in [-0.15, -0.1) is 0 Å². The minimum Gasteiger partial charge on any atom is -0.385 e. The van der Waals surface area contributed by atoms with Crippen LogP contribution in [0, 0.1) is 16.0 Å². The Morgan fingerprint density at radius 2 is 2.10 bits per heavy atom. The van der Waals surface area contributed by atoms with Gasteiger partial charge in [-0.1, -0.05) is 12.8 Å². The number of anilines is 1. The number of carbonyl (C=O) groups excluding carboxylic acids is 1. The molecular formula is C15H21N3O3. The molecule has 2 rings (SSSR count). The van der Waals surface area contributed by atoms with E-state index in [1.807, 2.05) is 6.92 Å². The van der Waals surface area contributed by atoms with Crippen LogP contribution < -0.4 is 10.6 Å². The second-order valence-electron chi connectivity index (χ2n) is 5.38. The second-order valence-corrected chi connectivity index (χ2v) is 5.38. The number of amides is 1. The van der Waals surface area contributed by atoms with Crippen molar-refractivity contribution in [3.8, 4) is 0 Å². The fraction of sp³-hybridized carbons (Fsp3) is 0.533. The van der Waals surface area contributed by atoms with Gasteiger partial charge in [0.1, 0.15) is 0 Å². The summed E-state index contributed by atoms with van der Waals surface area (Å²) >= 11 is 0. The van der Waals surface area contributed by atoms with Crippen LogP contribution in [-0.4, -0.2) is 23.9 Å². The van der Waals surface area contributed by atoms with Crippen LogP contribution in [0.3, 0.4) is 0 Å². The Hall–Kier alpha value is -2.11. The highest BCUT2D eigenvalue weighted by molar-refractivity contribution is 6.00. The van der Waals surface area contributed by atoms with Crippen LogP contribution in [0.4, 0.5) is 11.4 Å². The zero-order valence-corrected chi connectivity index (χ0v) is 12.2. The van der Waals surface area contributed by atoms with Crippen LogP contribution in [0.5, 0.6) is 0 Å². The standard InChI is InChI=1S/C15H21N3O3/c1-2-16-14-8-7-12(18(20)21)9-13(14)15(19)17-10-11-5-3-4-6-11/h7-9,11,16H,2-6,10H2,1H3,(H,17,19). The minimum absolute atomic E-state index is 0.0670. The third kappa shape index (κ3) is 3.93. The average molecular weight is 291 g/mol. The number of benzene rings is 1. The molecule has 6 heteroatoms. The number of hydrogen-bond acceptors (Lipinski definition) is 4. The van der Waals surface area contributed by atoms with Gasteiger partial charge in [0.25, 0.3) is 11.6 Å². The van der Waals surface area contributed by atoms with Gasteiger partial charge in [-0.3, -0.25) is 14.9 Å². The third-order valence-electron chi connectivity index (χ3n) is 3.85. The predicted molar refractivity (Wildman–Crippen MR) is 81.6 cm³/mol. The summed E-state index contributed by atoms with van der Waals surface area (Å²) in [6.07, 6.45) is 4.74. The zero-order valence-electron chi connectivity index (χ0n) is 12.2. The van der Waals surface area contributed by atoms with Crippen LogP contribution in [0.25, 0.3) is 0 Å². The molecule has 0 unspecified atom stereocenters. The van der Waals surface area contributed by atoms with Crippen molar-refractivity contribution in [1.82, 2.24) is 5.32 Å². The van der Waals surface area contributed by atoms with Crippen molar-refractivity contribution in [2.45, 2.75) is 32.6 Å². The summed E-state index contributed by atoms with van der Waals surface area (Å²) in [6, 6.07) is 4.33. The van der Waals surface area contributed by atoms with Crippen molar-refractivity contribution in [2.75, 3.05) is 18.4 Å². The highest BCUT2D eigenvalue weighted by Gasteiger charge is 2.19. The largest absolute Gasteiger partial charge is 0.385 e. The summed E-state index contributed by atoms with van der Waals surface area (Å²) in [5, 5.41) is 16.8. The zero-order chi connectivity index (χ0) is 15.2. The molecule has 1 fully saturated rings. The highest BCUT2D eigenvalue weighted by Crippen LogP contribution is 2.25. The van der Waals surface area contributed by atoms with E-state index < -0.39 is 4.92 Å². The van der Waals surface area contributed by atoms with Crippen molar-refractivity contribution >= 4 is 17.3 Å². The first kappa shape index (κ1) is 15.3. The Morgan fingerprint density at radius 1 is 1.38 bits per heavy atom. The number of non-ortho nitro benzene ring substituents is 1. The summed E-state index contributed by atoms with van der Waals surface area (Å²) in [6.45, 7) is 3.22. The van der Waals surface area contributed by atoms with Crippen LogP contribution in [0.15, 0.2) is 18.2 Å². The summed E-state index contributed by atoms with van der Waals surface area (Å²) in [5.74, 6) is 0.289. The monoisotopic (exact) mass is 291 g/mol. The van der Waals surface area contributed by atoms with Crippen molar-refractivity contribution in [2.24, 2.45) is 5.92 Å². The van der Waals surface area contributed by atoms with Crippen LogP contribution in [0.1, 0.15) is 43.0 Å². The van der Waals surface area contributed by atoms with E-state index in [4.69, 9.17) is 0 Å². The van der Waals surface area contributed by atoms with Crippen molar-refractivity contribution < 1.29 is 9.72 Å². The molecular weight excluding hydrogens is 270 g/mol. The van der Waals surface area contributed by atoms with E-state index in [2.05, 4.69) is 10.6 Å². The topological polar surface area (TPSA) is 84.3 Å². The Labute approximate surface area is 124 Å². The molecule has 0 heterocycles. The number of nitrogens with zero attached hydrogens (tertiary/aromatic N) is 1. The molecule has 0 atom stereocenters. The van der Waals surface area contributed by atoms with E-state index in [9.17, 15) is 14.9 Å². The molecule has 0 radical (unpaired) electrons. The van der Waals surface area contributed by atoms with Gasteiger partial charge in [-0.2, -0.15) is 0 Å². The number of nitro groups is 1. The Morgan fingerprint density at radius 3 is 2.71 bits per heavy atom. The average Bonchev–Trinajstić information content (AvgIpc) is 2.98. The molecule has 0 saturated heterocycles. The Bertz CT molecular complexity index is 525. The quantitative estimate of drug-likeness (QED) is 0.623. The number of nitro benzene ring substituents is 1. The maximum Gasteiger partial charge on any atom is 0.270 e. The van der Waals surface area contributed by atoms with Gasteiger partial charge in [0.15, 0.2) is 0 Å². The summed E-state index contributed by atoms with van der Waals surface area (Å²) < 4.78 is 0. The maximum absolute atomic E-state index is 12.3. The van der Waals surface area contributed by atoms with E-state index in [1.54, 1.807) is 6.07 Å². The first-order valence-electron chi connectivity index (χ1n) is 7.42. The predicted octanol–water partition coefficient (Wildman–Crippen LogP) is 2.95. The summed E-state index contributed by atoms with van der Waals surface area (Å²) in [5.41, 5.74) is 0.902. The van der Waals surface area contributed by atoms with Crippen LogP contribution in [-0.2, 0) is 0 Å². The molecule has 0 aromatic heterocycles. The third-order valence-corrected chi connectivity index (χ3v) is 3.85. The van der Waals surface area contributed by atoms with E-state index in [0.29, 0.717) is 30.3 Å². The van der Waals surface area contributed by atoms with E-state index in [-0.39, 0.29) is 11.6 Å². The molecule has 1 saturated carbocycles. The van der Waals surface area contributed by atoms with Crippen molar-refractivity contribution in [3.63, 3.8) is 0 Å². The van der Waals surface area contributed by atoms with E-state index in [1.165, 1.54) is 25.0 Å². The smallest absolute Gasteiger partial charge is 0.270 e. The summed E-state index contributed by atoms with van der Waals surface area (Å²) in [4.78, 5) is 22.7. The molecule has 0 aliphatic heterocycles. The van der Waals surface area contributed by atoms with Gasteiger partial charge in [0.05, 0.1) is 10.5 Å². The van der Waals surface area contributed by atoms with E-state index >= 15 is 0 Å². The Balaban J connectivity index is 2.11. The number of rotatable bonds is 6. The SMILES string of the molecule is CCNc1ccc([N+](=O)[O-])cc1C(=O)NCC1CCCC1. The molecule has 114 valence electrons. The highest BCUT2D eigenvalue weighted by atomic mass is 16.6. The minimum atomic E-state index is -0.483. The van der Waals surface area contributed by atoms with Gasteiger partial charge in [-0.05, 0) is 31.7 Å². The lowest BCUT2D eigenvalue weighted by Crippen LogP contribution is -2.29. The molecule has 2 N–H and O–H groups in total. The molecule has 1 aromatic carbocycles. The molecule has 0 spiro atoms. The fourth-order valence-electron chi connectivity index (χ4n) is 2.73. The lowest BCUT2D eigenvalue weighted by atomic mass is 10.1. The normalized spacial score (nSPS) is 14.9. The van der Waals surface area contributed by atoms with Gasteiger partial charge < -0.3 is 10.6 Å². The molecule has 0 bridgehead atoms. The number of nitrogens with one attached hydrogen (secondary N) is 2. The summed E-state index contributed by atoms with van der Waals surface area (Å²) in [7, 11) is 0. The van der Waals surface area contributed by atoms with Gasteiger partial charge in [0.2, 0.25) is 0 Å². The molecule has 6 nitrogen and oxygen atoms in total. The van der Waals surface area contributed by atoms with E-state index in [0.717, 1.165) is 12.8 Å². The van der Waals surface area contributed by atoms with Crippen molar-refractivity contribution in [3.05, 3.63) is 33.9 Å². The molecule has 1 aliphatic carbocycles. The number of hydrogen-bond donors (Lipinski definition) is 2. The maximum atomic E-state index is 12.3. The Kier molecular flexibility index (Phi) is 5.14. The molecule has 21 heavy (non-hydrogen) atoms. The van der Waals surface area contributed by atoms with Crippen LogP contribution >= 0.6 is 0 Å². The first-order chi connectivity index (χ1) is 10.1. The lowest BCUT2D eigenvalue weighted by Gasteiger charge is -2.13. The van der Waals surface area contributed by atoms with Crippen molar-refractivity contribution in [1.29, 1.82) is 0 Å².